The van der Waals surface area contributed by atoms with Crippen LogP contribution >= 0.6 is 0 Å². The molecule has 8 heteroatoms. The van der Waals surface area contributed by atoms with Crippen LogP contribution in [0.25, 0.3) is 0 Å². The number of benzene rings is 3. The van der Waals surface area contributed by atoms with Gasteiger partial charge in [-0.25, -0.2) is 9.37 Å². The van der Waals surface area contributed by atoms with Crippen molar-refractivity contribution in [3.8, 4) is 5.75 Å². The van der Waals surface area contributed by atoms with Crippen molar-refractivity contribution >= 4 is 23.2 Å². The Kier molecular flexibility index (Phi) is 7.21. The fourth-order valence-corrected chi connectivity index (χ4v) is 3.59. The summed E-state index contributed by atoms with van der Waals surface area (Å²) in [6.07, 6.45) is 3.48. The van der Waals surface area contributed by atoms with E-state index in [-0.39, 0.29) is 29.7 Å². The molecule has 1 heterocycles. The molecule has 0 atom stereocenters. The molecule has 35 heavy (non-hydrogen) atoms. The SMILES string of the molecule is COc1cccc(CC(=O)Nc2ccc(Cn3cnc(C(=O)Nc4ccc(F)cc4C)c3)cc2)c1. The minimum atomic E-state index is -0.368. The first-order valence-electron chi connectivity index (χ1n) is 11.0. The zero-order valence-corrected chi connectivity index (χ0v) is 19.4. The average Bonchev–Trinajstić information content (AvgIpc) is 3.31. The maximum Gasteiger partial charge on any atom is 0.275 e. The molecule has 0 saturated carbocycles. The van der Waals surface area contributed by atoms with Crippen molar-refractivity contribution in [3.05, 3.63) is 107 Å². The smallest absolute Gasteiger partial charge is 0.275 e. The maximum absolute atomic E-state index is 13.3. The second kappa shape index (κ2) is 10.6. The van der Waals surface area contributed by atoms with Crippen LogP contribution < -0.4 is 15.4 Å². The van der Waals surface area contributed by atoms with Crippen molar-refractivity contribution < 1.29 is 18.7 Å². The molecule has 0 aliphatic carbocycles. The van der Waals surface area contributed by atoms with E-state index in [9.17, 15) is 14.0 Å². The third-order valence-electron chi connectivity index (χ3n) is 5.40. The standard InChI is InChI=1S/C27H25FN4O3/c1-18-12-21(28)8-11-24(18)31-27(34)25-16-32(17-29-25)15-19-6-9-22(10-7-19)30-26(33)14-20-4-3-5-23(13-20)35-2/h3-13,16-17H,14-15H2,1-2H3,(H,30,33)(H,31,34). The predicted molar refractivity (Wildman–Crippen MR) is 132 cm³/mol. The number of hydrogen-bond acceptors (Lipinski definition) is 4. The van der Waals surface area contributed by atoms with Crippen LogP contribution in [0.5, 0.6) is 5.75 Å². The Labute approximate surface area is 202 Å². The molecular weight excluding hydrogens is 447 g/mol. The van der Waals surface area contributed by atoms with Crippen LogP contribution in [0.1, 0.15) is 27.2 Å². The lowest BCUT2D eigenvalue weighted by Crippen LogP contribution is -2.14. The number of aryl methyl sites for hydroxylation is 1. The predicted octanol–water partition coefficient (Wildman–Crippen LogP) is 4.82. The van der Waals surface area contributed by atoms with Crippen LogP contribution in [0, 0.1) is 12.7 Å². The number of nitrogens with zero attached hydrogens (tertiary/aromatic N) is 2. The molecule has 0 aliphatic rings. The highest BCUT2D eigenvalue weighted by atomic mass is 19.1. The number of methoxy groups -OCH3 is 1. The van der Waals surface area contributed by atoms with Gasteiger partial charge in [-0.05, 0) is 66.1 Å². The van der Waals surface area contributed by atoms with Gasteiger partial charge in [-0.15, -0.1) is 0 Å². The van der Waals surface area contributed by atoms with Gasteiger partial charge in [0.25, 0.3) is 5.91 Å². The molecule has 3 aromatic carbocycles. The molecule has 0 radical (unpaired) electrons. The number of amides is 2. The average molecular weight is 473 g/mol. The monoisotopic (exact) mass is 472 g/mol. The molecule has 0 unspecified atom stereocenters. The lowest BCUT2D eigenvalue weighted by Gasteiger charge is -2.08. The van der Waals surface area contributed by atoms with Crippen LogP contribution in [-0.4, -0.2) is 28.5 Å². The van der Waals surface area contributed by atoms with Gasteiger partial charge in [-0.2, -0.15) is 0 Å². The number of aromatic nitrogens is 2. The summed E-state index contributed by atoms with van der Waals surface area (Å²) in [5, 5.41) is 5.65. The van der Waals surface area contributed by atoms with E-state index in [1.54, 1.807) is 31.1 Å². The lowest BCUT2D eigenvalue weighted by molar-refractivity contribution is -0.115. The normalized spacial score (nSPS) is 10.6. The molecule has 0 spiro atoms. The van der Waals surface area contributed by atoms with E-state index in [2.05, 4.69) is 15.6 Å². The Hall–Kier alpha value is -4.46. The van der Waals surface area contributed by atoms with Gasteiger partial charge in [0, 0.05) is 24.1 Å². The van der Waals surface area contributed by atoms with Crippen LogP contribution in [0.2, 0.25) is 0 Å². The fourth-order valence-electron chi connectivity index (χ4n) is 3.59. The molecule has 4 rings (SSSR count). The molecule has 0 bridgehead atoms. The molecule has 0 aliphatic heterocycles. The topological polar surface area (TPSA) is 85.2 Å². The van der Waals surface area contributed by atoms with Crippen molar-refractivity contribution in [1.29, 1.82) is 0 Å². The fraction of sp³-hybridized carbons (Fsp3) is 0.148. The number of ether oxygens (including phenoxy) is 1. The molecule has 4 aromatic rings. The summed E-state index contributed by atoms with van der Waals surface area (Å²) >= 11 is 0. The number of carbonyl (C=O) groups excluding carboxylic acids is 2. The number of rotatable bonds is 8. The summed E-state index contributed by atoms with van der Waals surface area (Å²) in [6.45, 7) is 2.23. The van der Waals surface area contributed by atoms with Gasteiger partial charge < -0.3 is 19.9 Å². The first-order chi connectivity index (χ1) is 16.9. The van der Waals surface area contributed by atoms with Crippen molar-refractivity contribution in [2.75, 3.05) is 17.7 Å². The van der Waals surface area contributed by atoms with Crippen LogP contribution in [0.4, 0.5) is 15.8 Å². The maximum atomic E-state index is 13.3. The highest BCUT2D eigenvalue weighted by Gasteiger charge is 2.12. The Morgan fingerprint density at radius 3 is 2.54 bits per heavy atom. The molecule has 7 nitrogen and oxygen atoms in total. The zero-order chi connectivity index (χ0) is 24.8. The van der Waals surface area contributed by atoms with Crippen molar-refractivity contribution in [3.63, 3.8) is 0 Å². The molecule has 1 aromatic heterocycles. The van der Waals surface area contributed by atoms with Crippen molar-refractivity contribution in [2.45, 2.75) is 19.9 Å². The van der Waals surface area contributed by atoms with Gasteiger partial charge in [-0.1, -0.05) is 24.3 Å². The third kappa shape index (κ3) is 6.32. The van der Waals surface area contributed by atoms with Crippen LogP contribution in [0.15, 0.2) is 79.3 Å². The van der Waals surface area contributed by atoms with Gasteiger partial charge >= 0.3 is 0 Å². The summed E-state index contributed by atoms with van der Waals surface area (Å²) in [5.74, 6) is -0.127. The molecule has 0 fully saturated rings. The van der Waals surface area contributed by atoms with Gasteiger partial charge in [0.15, 0.2) is 0 Å². The highest BCUT2D eigenvalue weighted by Crippen LogP contribution is 2.17. The summed E-state index contributed by atoms with van der Waals surface area (Å²) < 4.78 is 20.3. The zero-order valence-electron chi connectivity index (χ0n) is 19.4. The second-order valence-electron chi connectivity index (χ2n) is 8.12. The van der Waals surface area contributed by atoms with E-state index in [0.29, 0.717) is 29.2 Å². The number of anilines is 2. The third-order valence-corrected chi connectivity index (χ3v) is 5.40. The van der Waals surface area contributed by atoms with Gasteiger partial charge in [-0.3, -0.25) is 9.59 Å². The highest BCUT2D eigenvalue weighted by molar-refractivity contribution is 6.03. The van der Waals surface area contributed by atoms with Gasteiger partial charge in [0.05, 0.1) is 19.9 Å². The molecule has 2 N–H and O–H groups in total. The molecule has 0 saturated heterocycles. The van der Waals surface area contributed by atoms with E-state index in [1.165, 1.54) is 18.2 Å². The number of halogens is 1. The molecule has 178 valence electrons. The first kappa shape index (κ1) is 23.7. The first-order valence-corrected chi connectivity index (χ1v) is 11.0. The Morgan fingerprint density at radius 1 is 1.00 bits per heavy atom. The minimum Gasteiger partial charge on any atom is -0.497 e. The van der Waals surface area contributed by atoms with E-state index in [4.69, 9.17) is 4.74 Å². The van der Waals surface area contributed by atoms with Crippen molar-refractivity contribution in [2.24, 2.45) is 0 Å². The molecule has 2 amide bonds. The van der Waals surface area contributed by atoms with E-state index in [0.717, 1.165) is 11.1 Å². The molecular formula is C27H25FN4O3. The van der Waals surface area contributed by atoms with Gasteiger partial charge in [0.1, 0.15) is 17.3 Å². The number of carbonyl (C=O) groups is 2. The van der Waals surface area contributed by atoms with E-state index >= 15 is 0 Å². The number of imidazole rings is 1. The summed E-state index contributed by atoms with van der Waals surface area (Å²) in [5.41, 5.74) is 3.98. The van der Waals surface area contributed by atoms with E-state index < -0.39 is 0 Å². The van der Waals surface area contributed by atoms with Gasteiger partial charge in [0.2, 0.25) is 5.91 Å². The summed E-state index contributed by atoms with van der Waals surface area (Å²) in [6, 6.07) is 19.1. The second-order valence-corrected chi connectivity index (χ2v) is 8.12. The van der Waals surface area contributed by atoms with Crippen molar-refractivity contribution in [1.82, 2.24) is 9.55 Å². The minimum absolute atomic E-state index is 0.118. The van der Waals surface area contributed by atoms with Crippen LogP contribution in [-0.2, 0) is 17.8 Å². The number of nitrogens with one attached hydrogen (secondary N) is 2. The Bertz CT molecular complexity index is 1350. The summed E-state index contributed by atoms with van der Waals surface area (Å²) in [4.78, 5) is 29.1. The lowest BCUT2D eigenvalue weighted by atomic mass is 10.1. The summed E-state index contributed by atoms with van der Waals surface area (Å²) in [7, 11) is 1.59. The Morgan fingerprint density at radius 2 is 1.80 bits per heavy atom. The number of hydrogen-bond donors (Lipinski definition) is 2. The quantitative estimate of drug-likeness (QED) is 0.385. The largest absolute Gasteiger partial charge is 0.497 e. The van der Waals surface area contributed by atoms with Crippen LogP contribution in [0.3, 0.4) is 0 Å². The van der Waals surface area contributed by atoms with E-state index in [1.807, 2.05) is 48.5 Å². The Balaban J connectivity index is 1.32.